The predicted octanol–water partition coefficient (Wildman–Crippen LogP) is 2.69. The van der Waals surface area contributed by atoms with Gasteiger partial charge in [0.2, 0.25) is 5.91 Å². The molecule has 1 amide bonds. The number of amides is 1. The lowest BCUT2D eigenvalue weighted by atomic mass is 10.1. The third-order valence-corrected chi connectivity index (χ3v) is 2.01. The predicted molar refractivity (Wildman–Crippen MR) is 55.2 cm³/mol. The molecule has 15 heavy (non-hydrogen) atoms. The summed E-state index contributed by atoms with van der Waals surface area (Å²) in [6, 6.07) is 8.61. The number of carbonyl (C=O) groups is 1. The van der Waals surface area contributed by atoms with Crippen molar-refractivity contribution in [2.45, 2.75) is 0 Å². The van der Waals surface area contributed by atoms with E-state index in [0.717, 1.165) is 0 Å². The lowest BCUT2D eigenvalue weighted by Crippen LogP contribution is -1.95. The minimum Gasteiger partial charge on any atom is -0.287 e. The van der Waals surface area contributed by atoms with Gasteiger partial charge in [0.25, 0.3) is 0 Å². The number of azide groups is 1. The normalized spacial score (nSPS) is 9.60. The van der Waals surface area contributed by atoms with Gasteiger partial charge in [-0.15, -0.1) is 0 Å². The summed E-state index contributed by atoms with van der Waals surface area (Å²) in [5, 5.41) is 3.75. The van der Waals surface area contributed by atoms with Crippen LogP contribution in [0.25, 0.3) is 21.3 Å². The van der Waals surface area contributed by atoms with E-state index in [-0.39, 0.29) is 0 Å². The van der Waals surface area contributed by atoms with Gasteiger partial charge in [-0.3, -0.25) is 9.78 Å². The molecule has 0 bridgehead atoms. The van der Waals surface area contributed by atoms with Crippen molar-refractivity contribution in [1.82, 2.24) is 4.98 Å². The lowest BCUT2D eigenvalue weighted by molar-refractivity contribution is 0.100. The summed E-state index contributed by atoms with van der Waals surface area (Å²) in [4.78, 5) is 18.0. The van der Waals surface area contributed by atoms with Gasteiger partial charge >= 0.3 is 0 Å². The fraction of sp³-hybridized carbons (Fsp3) is 0. The summed E-state index contributed by atoms with van der Waals surface area (Å²) < 4.78 is 0. The Hall–Kier alpha value is -2.39. The van der Waals surface area contributed by atoms with Crippen LogP contribution in [0.3, 0.4) is 0 Å². The average Bonchev–Trinajstić information content (AvgIpc) is 2.28. The molecule has 0 radical (unpaired) electrons. The second-order valence-corrected chi connectivity index (χ2v) is 2.87. The summed E-state index contributed by atoms with van der Waals surface area (Å²) in [5.74, 6) is -0.587. The van der Waals surface area contributed by atoms with Crippen LogP contribution in [-0.4, -0.2) is 10.9 Å². The Bertz CT molecular complexity index is 567. The van der Waals surface area contributed by atoms with Crippen LogP contribution in [0.5, 0.6) is 0 Å². The first-order valence-electron chi connectivity index (χ1n) is 4.26. The van der Waals surface area contributed by atoms with Gasteiger partial charge in [-0.05, 0) is 22.8 Å². The molecular formula is C10H6N4O. The van der Waals surface area contributed by atoms with Crippen molar-refractivity contribution in [3.05, 3.63) is 52.5 Å². The van der Waals surface area contributed by atoms with E-state index in [1.165, 1.54) is 0 Å². The molecule has 1 heterocycles. The van der Waals surface area contributed by atoms with Crippen LogP contribution in [0.1, 0.15) is 10.4 Å². The minimum atomic E-state index is -0.587. The van der Waals surface area contributed by atoms with Gasteiger partial charge in [0, 0.05) is 22.1 Å². The number of hydrogen-bond donors (Lipinski definition) is 0. The Morgan fingerprint density at radius 2 is 2.20 bits per heavy atom. The Morgan fingerprint density at radius 1 is 1.33 bits per heavy atom. The molecule has 1 aromatic heterocycles. The van der Waals surface area contributed by atoms with Gasteiger partial charge in [0.05, 0.1) is 5.52 Å². The molecule has 72 valence electrons. The van der Waals surface area contributed by atoms with Crippen molar-refractivity contribution < 1.29 is 4.79 Å². The molecule has 5 nitrogen and oxygen atoms in total. The van der Waals surface area contributed by atoms with Crippen LogP contribution >= 0.6 is 0 Å². The molecule has 2 rings (SSSR count). The zero-order valence-electron chi connectivity index (χ0n) is 7.66. The summed E-state index contributed by atoms with van der Waals surface area (Å²) >= 11 is 0. The van der Waals surface area contributed by atoms with Gasteiger partial charge in [0.1, 0.15) is 0 Å². The summed E-state index contributed by atoms with van der Waals surface area (Å²) in [7, 11) is 0. The van der Waals surface area contributed by atoms with Gasteiger partial charge in [-0.2, -0.15) is 0 Å². The van der Waals surface area contributed by atoms with Crippen LogP contribution < -0.4 is 0 Å². The molecule has 5 heteroatoms. The molecule has 0 atom stereocenters. The molecule has 0 spiro atoms. The van der Waals surface area contributed by atoms with Crippen LogP contribution in [0.4, 0.5) is 0 Å². The van der Waals surface area contributed by atoms with E-state index in [2.05, 4.69) is 15.0 Å². The summed E-state index contributed by atoms with van der Waals surface area (Å²) in [5.41, 5.74) is 9.27. The van der Waals surface area contributed by atoms with Crippen molar-refractivity contribution in [3.8, 4) is 0 Å². The first kappa shape index (κ1) is 9.18. The van der Waals surface area contributed by atoms with E-state index < -0.39 is 5.91 Å². The third-order valence-electron chi connectivity index (χ3n) is 2.01. The topological polar surface area (TPSA) is 78.7 Å². The Balaban J connectivity index is 2.71. The van der Waals surface area contributed by atoms with Crippen molar-refractivity contribution in [3.63, 3.8) is 0 Å². The zero-order valence-corrected chi connectivity index (χ0v) is 7.66. The highest BCUT2D eigenvalue weighted by atomic mass is 16.1. The van der Waals surface area contributed by atoms with Crippen molar-refractivity contribution in [2.24, 2.45) is 5.11 Å². The fourth-order valence-electron chi connectivity index (χ4n) is 1.38. The molecule has 0 aliphatic rings. The number of aromatic nitrogens is 1. The second-order valence-electron chi connectivity index (χ2n) is 2.87. The highest BCUT2D eigenvalue weighted by Crippen LogP contribution is 2.17. The molecule has 0 aliphatic heterocycles. The van der Waals surface area contributed by atoms with E-state index in [4.69, 9.17) is 5.53 Å². The van der Waals surface area contributed by atoms with E-state index in [9.17, 15) is 4.79 Å². The van der Waals surface area contributed by atoms with Gasteiger partial charge < -0.3 is 0 Å². The molecule has 0 saturated carbocycles. The summed E-state index contributed by atoms with van der Waals surface area (Å²) in [6.07, 6.45) is 1.64. The fourth-order valence-corrected chi connectivity index (χ4v) is 1.38. The van der Waals surface area contributed by atoms with Crippen molar-refractivity contribution >= 4 is 16.8 Å². The molecular weight excluding hydrogens is 192 g/mol. The first-order valence-corrected chi connectivity index (χ1v) is 4.26. The minimum absolute atomic E-state index is 0.374. The van der Waals surface area contributed by atoms with Crippen LogP contribution in [0, 0.1) is 0 Å². The Morgan fingerprint density at radius 3 is 3.00 bits per heavy atom. The monoisotopic (exact) mass is 198 g/mol. The number of hydrogen-bond acceptors (Lipinski definition) is 2. The van der Waals surface area contributed by atoms with Gasteiger partial charge in [-0.25, -0.2) is 0 Å². The smallest absolute Gasteiger partial charge is 0.249 e. The largest absolute Gasteiger partial charge is 0.287 e. The van der Waals surface area contributed by atoms with Crippen LogP contribution in [-0.2, 0) is 0 Å². The van der Waals surface area contributed by atoms with E-state index in [1.807, 2.05) is 0 Å². The molecule has 0 aliphatic carbocycles. The van der Waals surface area contributed by atoms with Crippen molar-refractivity contribution in [2.75, 3.05) is 0 Å². The third kappa shape index (κ3) is 1.63. The highest BCUT2D eigenvalue weighted by molar-refractivity contribution is 6.06. The van der Waals surface area contributed by atoms with Crippen LogP contribution in [0.15, 0.2) is 41.6 Å². The SMILES string of the molecule is [N-]=[N+]=NC(=O)c1cccc2ncccc12. The Labute approximate surface area is 85.0 Å². The standard InChI is InChI=1S/C10H6N4O/c11-14-13-10(15)8-3-1-5-9-7(8)4-2-6-12-9/h1-6H. The maximum Gasteiger partial charge on any atom is 0.249 e. The van der Waals surface area contributed by atoms with Gasteiger partial charge in [0.15, 0.2) is 0 Å². The Kier molecular flexibility index (Phi) is 2.31. The molecule has 2 aromatic rings. The number of benzene rings is 1. The molecule has 0 fully saturated rings. The lowest BCUT2D eigenvalue weighted by Gasteiger charge is -2.00. The number of nitrogens with zero attached hydrogens (tertiary/aromatic N) is 4. The van der Waals surface area contributed by atoms with E-state index >= 15 is 0 Å². The number of pyridine rings is 1. The van der Waals surface area contributed by atoms with Crippen LogP contribution in [0.2, 0.25) is 0 Å². The summed E-state index contributed by atoms with van der Waals surface area (Å²) in [6.45, 7) is 0. The van der Waals surface area contributed by atoms with Gasteiger partial charge in [-0.1, -0.05) is 18.2 Å². The number of fused-ring (bicyclic) bond motifs is 1. The molecule has 0 unspecified atom stereocenters. The quantitative estimate of drug-likeness (QED) is 0.401. The molecule has 0 N–H and O–H groups in total. The first-order chi connectivity index (χ1) is 7.33. The number of carbonyl (C=O) groups excluding carboxylic acids is 1. The number of rotatable bonds is 1. The zero-order chi connectivity index (χ0) is 10.7. The molecule has 1 aromatic carbocycles. The molecule has 0 saturated heterocycles. The maximum absolute atomic E-state index is 11.4. The maximum atomic E-state index is 11.4. The van der Waals surface area contributed by atoms with E-state index in [0.29, 0.717) is 16.5 Å². The average molecular weight is 198 g/mol. The second kappa shape index (κ2) is 3.77. The van der Waals surface area contributed by atoms with Crippen molar-refractivity contribution in [1.29, 1.82) is 0 Å². The van der Waals surface area contributed by atoms with E-state index in [1.54, 1.807) is 36.5 Å². The highest BCUT2D eigenvalue weighted by Gasteiger charge is 2.07.